The topological polar surface area (TPSA) is 29.5 Å². The molecular formula is C17H24Cl2O2. The number of hydrogen-bond acceptors (Lipinski definition) is 2. The highest BCUT2D eigenvalue weighted by molar-refractivity contribution is 6.42. The van der Waals surface area contributed by atoms with Crippen molar-refractivity contribution in [1.29, 1.82) is 0 Å². The van der Waals surface area contributed by atoms with Crippen molar-refractivity contribution >= 4 is 23.2 Å². The summed E-state index contributed by atoms with van der Waals surface area (Å²) in [4.78, 5) is 0. The van der Waals surface area contributed by atoms with Crippen molar-refractivity contribution in [2.24, 2.45) is 5.92 Å². The Kier molecular flexibility index (Phi) is 6.81. The molecule has 0 saturated heterocycles. The number of aliphatic hydroxyl groups excluding tert-OH is 1. The molecule has 0 heterocycles. The second kappa shape index (κ2) is 8.38. The molecular weight excluding hydrogens is 307 g/mol. The first kappa shape index (κ1) is 17.1. The Labute approximate surface area is 137 Å². The van der Waals surface area contributed by atoms with Gasteiger partial charge in [-0.2, -0.15) is 0 Å². The van der Waals surface area contributed by atoms with Crippen LogP contribution >= 0.6 is 23.2 Å². The summed E-state index contributed by atoms with van der Waals surface area (Å²) in [5.74, 6) is 0.451. The van der Waals surface area contributed by atoms with Gasteiger partial charge in [-0.1, -0.05) is 54.6 Å². The summed E-state index contributed by atoms with van der Waals surface area (Å²) in [6.45, 7) is 2.61. The molecule has 1 aromatic rings. The van der Waals surface area contributed by atoms with Crippen molar-refractivity contribution in [1.82, 2.24) is 0 Å². The average Bonchev–Trinajstić information content (AvgIpc) is 2.50. The maximum absolute atomic E-state index is 10.6. The van der Waals surface area contributed by atoms with Gasteiger partial charge in [-0.15, -0.1) is 0 Å². The van der Waals surface area contributed by atoms with Crippen LogP contribution in [0.2, 0.25) is 10.0 Å². The van der Waals surface area contributed by atoms with Gasteiger partial charge in [-0.25, -0.2) is 0 Å². The van der Waals surface area contributed by atoms with Gasteiger partial charge in [-0.3, -0.25) is 0 Å². The molecule has 2 unspecified atom stereocenters. The molecule has 4 heteroatoms. The van der Waals surface area contributed by atoms with Gasteiger partial charge in [0.05, 0.1) is 22.3 Å². The molecule has 0 aliphatic heterocycles. The lowest BCUT2D eigenvalue weighted by molar-refractivity contribution is -0.0715. The highest BCUT2D eigenvalue weighted by atomic mass is 35.5. The van der Waals surface area contributed by atoms with E-state index in [1.807, 2.05) is 19.1 Å². The Bertz CT molecular complexity index is 444. The van der Waals surface area contributed by atoms with Crippen LogP contribution in [0.1, 0.15) is 44.6 Å². The first-order valence-electron chi connectivity index (χ1n) is 7.86. The summed E-state index contributed by atoms with van der Waals surface area (Å²) in [6.07, 6.45) is 5.90. The van der Waals surface area contributed by atoms with Crippen LogP contribution < -0.4 is 0 Å². The standard InChI is InChI=1S/C17H24Cl2O2/c1-2-21-17(12-7-4-3-5-8-12)15(20)11-13-9-6-10-14(18)16(13)19/h6,9-10,12,15,17,20H,2-5,7-8,11H2,1H3. The van der Waals surface area contributed by atoms with Crippen LogP contribution in [0.5, 0.6) is 0 Å². The van der Waals surface area contributed by atoms with Gasteiger partial charge < -0.3 is 9.84 Å². The summed E-state index contributed by atoms with van der Waals surface area (Å²) >= 11 is 12.3. The van der Waals surface area contributed by atoms with Crippen molar-refractivity contribution in [3.05, 3.63) is 33.8 Å². The van der Waals surface area contributed by atoms with Gasteiger partial charge in [0.1, 0.15) is 0 Å². The molecule has 2 nitrogen and oxygen atoms in total. The Morgan fingerprint density at radius 3 is 2.62 bits per heavy atom. The Morgan fingerprint density at radius 2 is 1.95 bits per heavy atom. The third-order valence-corrected chi connectivity index (χ3v) is 5.17. The highest BCUT2D eigenvalue weighted by Gasteiger charge is 2.30. The highest BCUT2D eigenvalue weighted by Crippen LogP contribution is 2.32. The number of halogens is 2. The predicted octanol–water partition coefficient (Wildman–Crippen LogP) is 4.88. The molecule has 0 aromatic heterocycles. The van der Waals surface area contributed by atoms with E-state index < -0.39 is 6.10 Å². The summed E-state index contributed by atoms with van der Waals surface area (Å²) in [7, 11) is 0. The van der Waals surface area contributed by atoms with Gasteiger partial charge in [0.25, 0.3) is 0 Å². The Hall–Kier alpha value is -0.280. The minimum absolute atomic E-state index is 0.106. The monoisotopic (exact) mass is 330 g/mol. The van der Waals surface area contributed by atoms with Gasteiger partial charge in [-0.05, 0) is 37.3 Å². The summed E-state index contributed by atoms with van der Waals surface area (Å²) in [5.41, 5.74) is 0.886. The lowest BCUT2D eigenvalue weighted by Crippen LogP contribution is -2.38. The molecule has 1 aromatic carbocycles. The Morgan fingerprint density at radius 1 is 1.24 bits per heavy atom. The minimum atomic E-state index is -0.538. The fourth-order valence-corrected chi connectivity index (χ4v) is 3.66. The second-order valence-corrected chi connectivity index (χ2v) is 6.59. The van der Waals surface area contributed by atoms with Crippen LogP contribution in [0.25, 0.3) is 0 Å². The van der Waals surface area contributed by atoms with Crippen molar-refractivity contribution in [2.75, 3.05) is 6.61 Å². The summed E-state index contributed by atoms with van der Waals surface area (Å²) < 4.78 is 5.86. The zero-order valence-corrected chi connectivity index (χ0v) is 14.0. The minimum Gasteiger partial charge on any atom is -0.390 e. The van der Waals surface area contributed by atoms with Crippen LogP contribution in [0.15, 0.2) is 18.2 Å². The molecule has 0 amide bonds. The molecule has 1 aliphatic carbocycles. The van der Waals surface area contributed by atoms with Gasteiger partial charge >= 0.3 is 0 Å². The van der Waals surface area contributed by atoms with E-state index in [-0.39, 0.29) is 6.10 Å². The fraction of sp³-hybridized carbons (Fsp3) is 0.647. The van der Waals surface area contributed by atoms with E-state index in [0.29, 0.717) is 29.0 Å². The van der Waals surface area contributed by atoms with Crippen LogP contribution in [0, 0.1) is 5.92 Å². The van der Waals surface area contributed by atoms with E-state index in [0.717, 1.165) is 18.4 Å². The maximum atomic E-state index is 10.6. The number of ether oxygens (including phenoxy) is 1. The van der Waals surface area contributed by atoms with Crippen LogP contribution in [-0.2, 0) is 11.2 Å². The molecule has 1 aliphatic rings. The number of benzene rings is 1. The van der Waals surface area contributed by atoms with E-state index in [9.17, 15) is 5.11 Å². The second-order valence-electron chi connectivity index (χ2n) is 5.80. The van der Waals surface area contributed by atoms with E-state index in [4.69, 9.17) is 27.9 Å². The number of aliphatic hydroxyl groups is 1. The number of hydrogen-bond donors (Lipinski definition) is 1. The smallest absolute Gasteiger partial charge is 0.0865 e. The van der Waals surface area contributed by atoms with Crippen LogP contribution in [0.3, 0.4) is 0 Å². The fourth-order valence-electron chi connectivity index (χ4n) is 3.26. The average molecular weight is 331 g/mol. The van der Waals surface area contributed by atoms with E-state index in [2.05, 4.69) is 0 Å². The zero-order chi connectivity index (χ0) is 15.2. The molecule has 1 fully saturated rings. The van der Waals surface area contributed by atoms with E-state index >= 15 is 0 Å². The lowest BCUT2D eigenvalue weighted by atomic mass is 9.82. The molecule has 0 bridgehead atoms. The van der Waals surface area contributed by atoms with Crippen LogP contribution in [0.4, 0.5) is 0 Å². The molecule has 2 rings (SSSR count). The quantitative estimate of drug-likeness (QED) is 0.805. The van der Waals surface area contributed by atoms with Crippen LogP contribution in [-0.4, -0.2) is 23.9 Å². The normalized spacial score (nSPS) is 19.4. The van der Waals surface area contributed by atoms with Gasteiger partial charge in [0, 0.05) is 13.0 Å². The first-order valence-corrected chi connectivity index (χ1v) is 8.61. The predicted molar refractivity (Wildman–Crippen MR) is 88.2 cm³/mol. The van der Waals surface area contributed by atoms with Gasteiger partial charge in [0.15, 0.2) is 0 Å². The molecule has 0 spiro atoms. The third kappa shape index (κ3) is 4.59. The number of rotatable bonds is 6. The SMILES string of the molecule is CCOC(C(O)Cc1cccc(Cl)c1Cl)C1CCCCC1. The Balaban J connectivity index is 2.07. The summed E-state index contributed by atoms with van der Waals surface area (Å²) in [5, 5.41) is 11.7. The largest absolute Gasteiger partial charge is 0.390 e. The summed E-state index contributed by atoms with van der Waals surface area (Å²) in [6, 6.07) is 5.55. The van der Waals surface area contributed by atoms with Crippen molar-refractivity contribution in [2.45, 2.75) is 57.7 Å². The first-order chi connectivity index (χ1) is 10.1. The van der Waals surface area contributed by atoms with Crippen molar-refractivity contribution in [3.8, 4) is 0 Å². The zero-order valence-electron chi connectivity index (χ0n) is 12.5. The molecule has 0 radical (unpaired) electrons. The molecule has 1 N–H and O–H groups in total. The molecule has 118 valence electrons. The molecule has 1 saturated carbocycles. The van der Waals surface area contributed by atoms with Crippen molar-refractivity contribution in [3.63, 3.8) is 0 Å². The van der Waals surface area contributed by atoms with E-state index in [1.54, 1.807) is 6.07 Å². The van der Waals surface area contributed by atoms with Gasteiger partial charge in [0.2, 0.25) is 0 Å². The van der Waals surface area contributed by atoms with E-state index in [1.165, 1.54) is 19.3 Å². The third-order valence-electron chi connectivity index (χ3n) is 4.31. The van der Waals surface area contributed by atoms with Crippen molar-refractivity contribution < 1.29 is 9.84 Å². The molecule has 21 heavy (non-hydrogen) atoms. The molecule has 2 atom stereocenters. The maximum Gasteiger partial charge on any atom is 0.0865 e. The lowest BCUT2D eigenvalue weighted by Gasteiger charge is -2.33.